The molecular weight excluding hydrogens is 132 g/mol. The Morgan fingerprint density at radius 2 is 1.89 bits per heavy atom. The van der Waals surface area contributed by atoms with Crippen molar-refractivity contribution in [3.8, 4) is 5.75 Å². The van der Waals surface area contributed by atoms with Crippen LogP contribution in [0, 0.1) is 0 Å². The van der Waals surface area contributed by atoms with E-state index < -0.39 is 0 Å². The lowest BCUT2D eigenvalue weighted by molar-refractivity contribution is 0.395. The van der Waals surface area contributed by atoms with E-state index in [0.717, 1.165) is 5.75 Å². The van der Waals surface area contributed by atoms with Crippen LogP contribution < -0.4 is 4.74 Å². The number of ether oxygens (including phenoxy) is 1. The van der Waals surface area contributed by atoms with Gasteiger partial charge in [-0.05, 0) is 12.1 Å². The van der Waals surface area contributed by atoms with Crippen molar-refractivity contribution < 1.29 is 4.74 Å². The highest BCUT2D eigenvalue weighted by atomic mass is 32.1. The highest BCUT2D eigenvalue weighted by Crippen LogP contribution is 2.07. The van der Waals surface area contributed by atoms with Crippen LogP contribution in [0.2, 0.25) is 0 Å². The van der Waals surface area contributed by atoms with Crippen LogP contribution in [0.1, 0.15) is 0 Å². The highest BCUT2D eigenvalue weighted by molar-refractivity contribution is 7.80. The summed E-state index contributed by atoms with van der Waals surface area (Å²) >= 11 is 3.91. The first-order chi connectivity index (χ1) is 4.43. The third kappa shape index (κ3) is 1.98. The van der Waals surface area contributed by atoms with E-state index in [-0.39, 0.29) is 0 Å². The lowest BCUT2D eigenvalue weighted by Gasteiger charge is -1.98. The second-order valence-corrected chi connectivity index (χ2v) is 1.84. The number of hydrogen-bond acceptors (Lipinski definition) is 2. The third-order valence-corrected chi connectivity index (χ3v) is 1.10. The second-order valence-electron chi connectivity index (χ2n) is 1.59. The predicted molar refractivity (Wildman–Crippen MR) is 40.9 cm³/mol. The Hall–Kier alpha value is -0.630. The molecule has 1 aromatic carbocycles. The molecule has 9 heavy (non-hydrogen) atoms. The van der Waals surface area contributed by atoms with Gasteiger partial charge in [0.25, 0.3) is 0 Å². The molecule has 0 aliphatic carbocycles. The fourth-order valence-corrected chi connectivity index (χ4v) is 0.740. The van der Waals surface area contributed by atoms with E-state index in [2.05, 4.69) is 12.6 Å². The number of para-hydroxylation sites is 1. The molecule has 0 amide bonds. The van der Waals surface area contributed by atoms with E-state index in [0.29, 0.717) is 5.94 Å². The first-order valence-corrected chi connectivity index (χ1v) is 3.35. The lowest BCUT2D eigenvalue weighted by atomic mass is 10.3. The molecule has 0 N–H and O–H groups in total. The van der Waals surface area contributed by atoms with Gasteiger partial charge in [-0.15, -0.1) is 12.6 Å². The summed E-state index contributed by atoms with van der Waals surface area (Å²) in [6.07, 6.45) is 0. The first kappa shape index (κ1) is 6.49. The molecule has 0 heterocycles. The fraction of sp³-hybridized carbons (Fsp3) is 0.143. The molecule has 0 unspecified atom stereocenters. The molecule has 2 heteroatoms. The van der Waals surface area contributed by atoms with E-state index in [1.54, 1.807) is 0 Å². The summed E-state index contributed by atoms with van der Waals surface area (Å²) in [5.74, 6) is 1.30. The summed E-state index contributed by atoms with van der Waals surface area (Å²) in [6.45, 7) is 0. The molecule has 1 nitrogen and oxygen atoms in total. The summed E-state index contributed by atoms with van der Waals surface area (Å²) in [5, 5.41) is 0. The van der Waals surface area contributed by atoms with Crippen LogP contribution in [0.5, 0.6) is 5.75 Å². The maximum Gasteiger partial charge on any atom is 0.131 e. The van der Waals surface area contributed by atoms with Gasteiger partial charge in [-0.3, -0.25) is 0 Å². The quantitative estimate of drug-likeness (QED) is 0.488. The second kappa shape index (κ2) is 3.41. The Morgan fingerprint density at radius 3 is 2.44 bits per heavy atom. The molecule has 0 saturated carbocycles. The summed E-state index contributed by atoms with van der Waals surface area (Å²) in [7, 11) is 0. The third-order valence-electron chi connectivity index (χ3n) is 0.974. The van der Waals surface area contributed by atoms with Crippen molar-refractivity contribution in [2.45, 2.75) is 0 Å². The van der Waals surface area contributed by atoms with E-state index in [4.69, 9.17) is 4.74 Å². The van der Waals surface area contributed by atoms with Crippen LogP contribution in [-0.4, -0.2) is 5.94 Å². The molecule has 0 bridgehead atoms. The summed E-state index contributed by atoms with van der Waals surface area (Å²) in [6, 6.07) is 9.61. The van der Waals surface area contributed by atoms with Crippen LogP contribution in [0.4, 0.5) is 0 Å². The van der Waals surface area contributed by atoms with Crippen molar-refractivity contribution in [3.05, 3.63) is 30.3 Å². The Morgan fingerprint density at radius 1 is 1.22 bits per heavy atom. The normalized spacial score (nSPS) is 9.00. The van der Waals surface area contributed by atoms with Gasteiger partial charge < -0.3 is 4.74 Å². The molecule has 0 aromatic heterocycles. The molecule has 0 spiro atoms. The largest absolute Gasteiger partial charge is 0.483 e. The van der Waals surface area contributed by atoms with E-state index in [1.165, 1.54) is 0 Å². The Kier molecular flexibility index (Phi) is 2.46. The van der Waals surface area contributed by atoms with E-state index in [1.807, 2.05) is 30.3 Å². The van der Waals surface area contributed by atoms with Gasteiger partial charge in [-0.1, -0.05) is 18.2 Å². The minimum Gasteiger partial charge on any atom is -0.483 e. The molecule has 0 saturated heterocycles. The van der Waals surface area contributed by atoms with Gasteiger partial charge in [0.05, 0.1) is 0 Å². The van der Waals surface area contributed by atoms with Gasteiger partial charge in [0.2, 0.25) is 0 Å². The number of rotatable bonds is 2. The monoisotopic (exact) mass is 140 g/mol. The molecule has 1 aromatic rings. The molecular formula is C7H8OS. The van der Waals surface area contributed by atoms with Gasteiger partial charge >= 0.3 is 0 Å². The van der Waals surface area contributed by atoms with Crippen molar-refractivity contribution in [3.63, 3.8) is 0 Å². The minimum absolute atomic E-state index is 0.435. The molecule has 1 rings (SSSR count). The standard InChI is InChI=1S/C7H8OS/c9-6-8-7-4-2-1-3-5-7/h1-5,9H,6H2. The topological polar surface area (TPSA) is 9.23 Å². The molecule has 0 atom stereocenters. The zero-order valence-corrected chi connectivity index (χ0v) is 5.84. The summed E-state index contributed by atoms with van der Waals surface area (Å²) < 4.78 is 5.07. The van der Waals surface area contributed by atoms with Gasteiger partial charge in [0, 0.05) is 0 Å². The van der Waals surface area contributed by atoms with Gasteiger partial charge in [-0.2, -0.15) is 0 Å². The van der Waals surface area contributed by atoms with E-state index >= 15 is 0 Å². The SMILES string of the molecule is SCOc1ccccc1. The summed E-state index contributed by atoms with van der Waals surface area (Å²) in [5.41, 5.74) is 0. The van der Waals surface area contributed by atoms with Crippen molar-refractivity contribution in [2.75, 3.05) is 5.94 Å². The zero-order chi connectivity index (χ0) is 6.53. The van der Waals surface area contributed by atoms with Gasteiger partial charge in [0.1, 0.15) is 11.7 Å². The Labute approximate surface area is 60.1 Å². The van der Waals surface area contributed by atoms with Crippen LogP contribution in [-0.2, 0) is 0 Å². The van der Waals surface area contributed by atoms with Gasteiger partial charge in [0.15, 0.2) is 0 Å². The van der Waals surface area contributed by atoms with Crippen LogP contribution in [0.25, 0.3) is 0 Å². The number of thiol groups is 1. The fourth-order valence-electron chi connectivity index (χ4n) is 0.591. The first-order valence-electron chi connectivity index (χ1n) is 2.72. The zero-order valence-electron chi connectivity index (χ0n) is 4.95. The van der Waals surface area contributed by atoms with Gasteiger partial charge in [-0.25, -0.2) is 0 Å². The van der Waals surface area contributed by atoms with Crippen molar-refractivity contribution in [2.24, 2.45) is 0 Å². The molecule has 0 aliphatic heterocycles. The minimum atomic E-state index is 0.435. The smallest absolute Gasteiger partial charge is 0.131 e. The molecule has 0 radical (unpaired) electrons. The maximum absolute atomic E-state index is 5.07. The van der Waals surface area contributed by atoms with Crippen molar-refractivity contribution in [1.82, 2.24) is 0 Å². The predicted octanol–water partition coefficient (Wildman–Crippen LogP) is 1.95. The van der Waals surface area contributed by atoms with Crippen LogP contribution in [0.3, 0.4) is 0 Å². The molecule has 0 fully saturated rings. The lowest BCUT2D eigenvalue weighted by Crippen LogP contribution is -1.86. The Balaban J connectivity index is 2.61. The van der Waals surface area contributed by atoms with Crippen LogP contribution >= 0.6 is 12.6 Å². The van der Waals surface area contributed by atoms with Crippen molar-refractivity contribution >= 4 is 12.6 Å². The number of hydrogen-bond donors (Lipinski definition) is 1. The highest BCUT2D eigenvalue weighted by Gasteiger charge is 1.84. The Bertz CT molecular complexity index is 162. The molecule has 48 valence electrons. The summed E-state index contributed by atoms with van der Waals surface area (Å²) in [4.78, 5) is 0. The average Bonchev–Trinajstić information content (AvgIpc) is 1.91. The average molecular weight is 140 g/mol. The number of benzene rings is 1. The van der Waals surface area contributed by atoms with Crippen molar-refractivity contribution in [1.29, 1.82) is 0 Å². The van der Waals surface area contributed by atoms with Crippen LogP contribution in [0.15, 0.2) is 30.3 Å². The van der Waals surface area contributed by atoms with E-state index in [9.17, 15) is 0 Å². The molecule has 0 aliphatic rings. The maximum atomic E-state index is 5.07.